The van der Waals surface area contributed by atoms with Crippen LogP contribution in [0.4, 0.5) is 5.69 Å². The number of nitrogens with one attached hydrogen (secondary N) is 3. The third kappa shape index (κ3) is 3.83. The van der Waals surface area contributed by atoms with Gasteiger partial charge in [0.05, 0.1) is 39.7 Å². The lowest BCUT2D eigenvalue weighted by atomic mass is 10.1. The molecule has 0 radical (unpaired) electrons. The van der Waals surface area contributed by atoms with Crippen molar-refractivity contribution in [3.63, 3.8) is 0 Å². The Labute approximate surface area is 203 Å². The maximum Gasteiger partial charge on any atom is 0.226 e. The number of carbonyl (C=O) groups excluding carboxylic acids is 1. The molecule has 6 rings (SSSR count). The highest BCUT2D eigenvalue weighted by Crippen LogP contribution is 2.33. The number of fused-ring (bicyclic) bond motifs is 2. The monoisotopic (exact) mass is 480 g/mol. The molecule has 6 heterocycles. The van der Waals surface area contributed by atoms with E-state index < -0.39 is 0 Å². The van der Waals surface area contributed by atoms with E-state index in [9.17, 15) is 4.79 Å². The van der Waals surface area contributed by atoms with Gasteiger partial charge in [-0.3, -0.25) is 24.8 Å². The Kier molecular flexibility index (Phi) is 5.07. The van der Waals surface area contributed by atoms with Crippen molar-refractivity contribution in [2.75, 3.05) is 5.32 Å². The van der Waals surface area contributed by atoms with Crippen LogP contribution in [0.2, 0.25) is 0 Å². The Balaban J connectivity index is 1.41. The minimum atomic E-state index is -0.124. The van der Waals surface area contributed by atoms with Crippen LogP contribution in [0.15, 0.2) is 60.5 Å². The van der Waals surface area contributed by atoms with Gasteiger partial charge < -0.3 is 10.3 Å². The average molecular weight is 481 g/mol. The fourth-order valence-corrected chi connectivity index (χ4v) is 4.55. The lowest BCUT2D eigenvalue weighted by Crippen LogP contribution is -2.17. The number of hydrogen-bond donors (Lipinski definition) is 3. The molecule has 0 aliphatic carbocycles. The van der Waals surface area contributed by atoms with E-state index in [0.29, 0.717) is 22.9 Å². The van der Waals surface area contributed by atoms with Gasteiger partial charge in [-0.2, -0.15) is 5.10 Å². The summed E-state index contributed by atoms with van der Waals surface area (Å²) in [5.41, 5.74) is 6.14. The molecule has 0 atom stereocenters. The van der Waals surface area contributed by atoms with Crippen LogP contribution in [0.3, 0.4) is 0 Å². The lowest BCUT2D eigenvalue weighted by molar-refractivity contribution is -0.118. The van der Waals surface area contributed by atoms with Crippen molar-refractivity contribution in [3.8, 4) is 33.3 Å². The Morgan fingerprint density at radius 2 is 1.97 bits per heavy atom. The molecule has 0 aromatic carbocycles. The van der Waals surface area contributed by atoms with E-state index in [0.717, 1.165) is 38.1 Å². The molecule has 172 valence electrons. The molecule has 0 saturated carbocycles. The number of H-pyrrole nitrogens is 2. The van der Waals surface area contributed by atoms with E-state index in [1.807, 2.05) is 49.6 Å². The third-order valence-electron chi connectivity index (χ3n) is 5.65. The normalized spacial score (nSPS) is 11.5. The van der Waals surface area contributed by atoms with Crippen molar-refractivity contribution in [1.29, 1.82) is 0 Å². The highest BCUT2D eigenvalue weighted by atomic mass is 32.1. The second-order valence-corrected chi connectivity index (χ2v) is 9.36. The number of rotatable bonds is 5. The summed E-state index contributed by atoms with van der Waals surface area (Å²) in [5.74, 6) is 0.456. The molecule has 3 N–H and O–H groups in total. The van der Waals surface area contributed by atoms with Gasteiger partial charge in [-0.05, 0) is 29.6 Å². The van der Waals surface area contributed by atoms with Crippen LogP contribution in [-0.2, 0) is 4.79 Å². The number of aromatic amines is 2. The Morgan fingerprint density at radius 1 is 1.06 bits per heavy atom. The van der Waals surface area contributed by atoms with Gasteiger partial charge in [-0.15, -0.1) is 11.3 Å². The minimum Gasteiger partial charge on any atom is -0.336 e. The van der Waals surface area contributed by atoms with E-state index in [2.05, 4.69) is 35.5 Å². The molecule has 0 spiro atoms. The van der Waals surface area contributed by atoms with Gasteiger partial charge in [0.1, 0.15) is 16.9 Å². The summed E-state index contributed by atoms with van der Waals surface area (Å²) in [5, 5.41) is 13.3. The van der Waals surface area contributed by atoms with Gasteiger partial charge >= 0.3 is 0 Å². The molecular weight excluding hydrogens is 460 g/mol. The average Bonchev–Trinajstić information content (AvgIpc) is 3.62. The quantitative estimate of drug-likeness (QED) is 0.308. The second kappa shape index (κ2) is 8.41. The number of hydrogen-bond acceptors (Lipinski definition) is 7. The molecule has 35 heavy (non-hydrogen) atoms. The number of carbonyl (C=O) groups is 1. The van der Waals surface area contributed by atoms with E-state index >= 15 is 0 Å². The molecular formula is C25H20N8OS. The Bertz CT molecular complexity index is 1680. The van der Waals surface area contributed by atoms with E-state index in [1.165, 1.54) is 0 Å². The van der Waals surface area contributed by atoms with Crippen molar-refractivity contribution >= 4 is 44.9 Å². The Morgan fingerprint density at radius 3 is 2.80 bits per heavy atom. The van der Waals surface area contributed by atoms with Gasteiger partial charge in [0.2, 0.25) is 5.91 Å². The predicted molar refractivity (Wildman–Crippen MR) is 137 cm³/mol. The molecule has 6 aromatic heterocycles. The molecule has 0 bridgehead atoms. The van der Waals surface area contributed by atoms with Crippen LogP contribution < -0.4 is 5.32 Å². The van der Waals surface area contributed by atoms with Crippen LogP contribution in [0, 0.1) is 5.92 Å². The first-order valence-electron chi connectivity index (χ1n) is 11.1. The molecule has 10 heteroatoms. The molecule has 0 aliphatic rings. The van der Waals surface area contributed by atoms with E-state index in [4.69, 9.17) is 4.98 Å². The predicted octanol–water partition coefficient (Wildman–Crippen LogP) is 5.28. The zero-order valence-electron chi connectivity index (χ0n) is 18.9. The SMILES string of the molecule is CC(C)C(=O)Nc1cncc(-c2cc3c(-c4nc5c(-c6cccs6)nccc5[nH]4)n[nH]c3cn2)c1. The summed E-state index contributed by atoms with van der Waals surface area (Å²) >= 11 is 1.63. The molecule has 9 nitrogen and oxygen atoms in total. The molecule has 6 aromatic rings. The molecule has 1 amide bonds. The fourth-order valence-electron chi connectivity index (χ4n) is 3.83. The lowest BCUT2D eigenvalue weighted by Gasteiger charge is -2.08. The summed E-state index contributed by atoms with van der Waals surface area (Å²) in [6.45, 7) is 3.69. The number of aromatic nitrogens is 7. The summed E-state index contributed by atoms with van der Waals surface area (Å²) in [6, 6.07) is 9.76. The number of thiophene rings is 1. The van der Waals surface area contributed by atoms with Crippen molar-refractivity contribution in [2.24, 2.45) is 5.92 Å². The van der Waals surface area contributed by atoms with Crippen molar-refractivity contribution in [2.45, 2.75) is 13.8 Å². The van der Waals surface area contributed by atoms with Crippen LogP contribution in [0.1, 0.15) is 13.8 Å². The van der Waals surface area contributed by atoms with Crippen LogP contribution in [0.5, 0.6) is 0 Å². The first-order valence-corrected chi connectivity index (χ1v) is 11.9. The third-order valence-corrected chi connectivity index (χ3v) is 6.53. The van der Waals surface area contributed by atoms with Gasteiger partial charge in [-0.25, -0.2) is 4.98 Å². The largest absolute Gasteiger partial charge is 0.336 e. The highest BCUT2D eigenvalue weighted by Gasteiger charge is 2.17. The fraction of sp³-hybridized carbons (Fsp3) is 0.120. The first-order chi connectivity index (χ1) is 17.1. The molecule has 0 aliphatic heterocycles. The summed E-state index contributed by atoms with van der Waals surface area (Å²) in [4.78, 5) is 34.8. The molecule has 0 unspecified atom stereocenters. The summed E-state index contributed by atoms with van der Waals surface area (Å²) in [6.07, 6.45) is 6.86. The summed E-state index contributed by atoms with van der Waals surface area (Å²) in [7, 11) is 0. The zero-order chi connectivity index (χ0) is 23.9. The van der Waals surface area contributed by atoms with Crippen molar-refractivity contribution in [3.05, 3.63) is 60.5 Å². The Hall–Kier alpha value is -4.44. The van der Waals surface area contributed by atoms with Crippen LogP contribution in [-0.4, -0.2) is 41.0 Å². The van der Waals surface area contributed by atoms with Gasteiger partial charge in [0.25, 0.3) is 0 Å². The topological polar surface area (TPSA) is 125 Å². The van der Waals surface area contributed by atoms with Gasteiger partial charge in [0, 0.05) is 29.3 Å². The van der Waals surface area contributed by atoms with E-state index in [-0.39, 0.29) is 11.8 Å². The minimum absolute atomic E-state index is 0.0641. The standard InChI is InChI=1S/C25H20N8OS/c1-13(2)25(34)29-15-8-14(10-26-11-15)18-9-16-19(12-28-18)32-33-21(16)24-30-17-5-6-27-23(22(17)31-24)20-4-3-7-35-20/h3-13H,1-2H3,(H,29,34)(H,30,31)(H,32,33). The maximum absolute atomic E-state index is 12.1. The smallest absolute Gasteiger partial charge is 0.226 e. The zero-order valence-corrected chi connectivity index (χ0v) is 19.7. The van der Waals surface area contributed by atoms with Crippen LogP contribution >= 0.6 is 11.3 Å². The molecule has 0 saturated heterocycles. The first kappa shape index (κ1) is 21.1. The number of pyridine rings is 3. The van der Waals surface area contributed by atoms with Crippen molar-refractivity contribution in [1.82, 2.24) is 35.1 Å². The highest BCUT2D eigenvalue weighted by molar-refractivity contribution is 7.13. The van der Waals surface area contributed by atoms with Crippen molar-refractivity contribution < 1.29 is 4.79 Å². The van der Waals surface area contributed by atoms with Crippen LogP contribution in [0.25, 0.3) is 55.3 Å². The number of imidazole rings is 1. The maximum atomic E-state index is 12.1. The number of anilines is 1. The molecule has 0 fully saturated rings. The number of amides is 1. The van der Waals surface area contributed by atoms with Gasteiger partial charge in [0.15, 0.2) is 5.82 Å². The van der Waals surface area contributed by atoms with Gasteiger partial charge in [-0.1, -0.05) is 19.9 Å². The second-order valence-electron chi connectivity index (χ2n) is 8.41. The van der Waals surface area contributed by atoms with E-state index in [1.54, 1.807) is 36.1 Å². The summed E-state index contributed by atoms with van der Waals surface area (Å²) < 4.78 is 0. The number of nitrogens with zero attached hydrogens (tertiary/aromatic N) is 5.